The fraction of sp³-hybridized carbons (Fsp3) is 0.222. The van der Waals surface area contributed by atoms with Crippen molar-refractivity contribution in [3.63, 3.8) is 0 Å². The number of amides is 1. The molecule has 0 bridgehead atoms. The monoisotopic (exact) mass is 407 g/mol. The van der Waals surface area contributed by atoms with Crippen LogP contribution in [0.1, 0.15) is 47.3 Å². The standard InChI is InChI=1S/C27H25N3O/c1-2-8-26-21-12-7-6-9-19(21)14-16-30(26)27(31)22-17-25(20-10-4-3-5-11-20)29-24-13-15-28-18-23(22)24/h3-7,9-13,15,17-18,26H,2,8,14,16H2,1H3. The van der Waals surface area contributed by atoms with Crippen molar-refractivity contribution < 1.29 is 4.79 Å². The van der Waals surface area contributed by atoms with Crippen LogP contribution in [0.25, 0.3) is 22.2 Å². The molecule has 0 N–H and O–H groups in total. The molecule has 1 aliphatic rings. The predicted molar refractivity (Wildman–Crippen MR) is 124 cm³/mol. The highest BCUT2D eigenvalue weighted by molar-refractivity contribution is 6.07. The zero-order chi connectivity index (χ0) is 21.2. The van der Waals surface area contributed by atoms with Crippen LogP contribution < -0.4 is 0 Å². The van der Waals surface area contributed by atoms with Gasteiger partial charge in [-0.05, 0) is 36.1 Å². The minimum Gasteiger partial charge on any atom is -0.331 e. The van der Waals surface area contributed by atoms with E-state index in [9.17, 15) is 4.79 Å². The number of benzene rings is 2. The first-order chi connectivity index (χ1) is 15.3. The van der Waals surface area contributed by atoms with Crippen molar-refractivity contribution in [1.82, 2.24) is 14.9 Å². The SMILES string of the molecule is CCCC1c2ccccc2CCN1C(=O)c1cc(-c2ccccc2)nc2ccncc12. The molecule has 3 heterocycles. The number of rotatable bonds is 4. The van der Waals surface area contributed by atoms with Gasteiger partial charge in [-0.1, -0.05) is 67.9 Å². The summed E-state index contributed by atoms with van der Waals surface area (Å²) in [6.45, 7) is 2.91. The molecular weight excluding hydrogens is 382 g/mol. The second-order valence-corrected chi connectivity index (χ2v) is 8.07. The lowest BCUT2D eigenvalue weighted by molar-refractivity contribution is 0.0651. The molecule has 0 radical (unpaired) electrons. The highest BCUT2D eigenvalue weighted by Gasteiger charge is 2.31. The fourth-order valence-corrected chi connectivity index (χ4v) is 4.64. The first-order valence-electron chi connectivity index (χ1n) is 10.9. The molecule has 0 aliphatic carbocycles. The molecule has 4 heteroatoms. The lowest BCUT2D eigenvalue weighted by Gasteiger charge is -2.37. The summed E-state index contributed by atoms with van der Waals surface area (Å²) in [7, 11) is 0. The molecule has 0 saturated carbocycles. The van der Waals surface area contributed by atoms with Gasteiger partial charge in [-0.2, -0.15) is 0 Å². The number of carbonyl (C=O) groups excluding carboxylic acids is 1. The lowest BCUT2D eigenvalue weighted by Crippen LogP contribution is -2.40. The molecule has 1 aliphatic heterocycles. The van der Waals surface area contributed by atoms with Crippen LogP contribution >= 0.6 is 0 Å². The first-order valence-corrected chi connectivity index (χ1v) is 10.9. The summed E-state index contributed by atoms with van der Waals surface area (Å²) in [4.78, 5) is 25.1. The normalized spacial score (nSPS) is 15.6. The summed E-state index contributed by atoms with van der Waals surface area (Å²) in [5, 5.41) is 0.807. The fourth-order valence-electron chi connectivity index (χ4n) is 4.64. The van der Waals surface area contributed by atoms with E-state index in [1.165, 1.54) is 11.1 Å². The van der Waals surface area contributed by atoms with Crippen molar-refractivity contribution in [1.29, 1.82) is 0 Å². The molecule has 1 amide bonds. The Labute approximate surface area is 182 Å². The molecular formula is C27H25N3O. The minimum absolute atomic E-state index is 0.0607. The predicted octanol–water partition coefficient (Wildman–Crippen LogP) is 5.84. The highest BCUT2D eigenvalue weighted by Crippen LogP contribution is 2.35. The molecule has 31 heavy (non-hydrogen) atoms. The molecule has 2 aromatic heterocycles. The third-order valence-electron chi connectivity index (χ3n) is 6.15. The van der Waals surface area contributed by atoms with Crippen LogP contribution in [0.15, 0.2) is 79.1 Å². The molecule has 0 saturated heterocycles. The molecule has 1 atom stereocenters. The third kappa shape index (κ3) is 3.59. The van der Waals surface area contributed by atoms with Crippen LogP contribution in [0.3, 0.4) is 0 Å². The van der Waals surface area contributed by atoms with E-state index < -0.39 is 0 Å². The molecule has 2 aromatic carbocycles. The van der Waals surface area contributed by atoms with Crippen LogP contribution in [0.4, 0.5) is 0 Å². The second kappa shape index (κ2) is 8.31. The van der Waals surface area contributed by atoms with Gasteiger partial charge in [0, 0.05) is 29.9 Å². The van der Waals surface area contributed by atoms with Crippen molar-refractivity contribution in [2.45, 2.75) is 32.2 Å². The molecule has 0 fully saturated rings. The van der Waals surface area contributed by atoms with E-state index in [0.717, 1.165) is 48.0 Å². The number of hydrogen-bond donors (Lipinski definition) is 0. The van der Waals surface area contributed by atoms with E-state index >= 15 is 0 Å². The van der Waals surface area contributed by atoms with Gasteiger partial charge in [0.2, 0.25) is 0 Å². The Balaban J connectivity index is 1.62. The molecule has 4 nitrogen and oxygen atoms in total. The van der Waals surface area contributed by atoms with E-state index in [-0.39, 0.29) is 11.9 Å². The maximum Gasteiger partial charge on any atom is 0.255 e. The highest BCUT2D eigenvalue weighted by atomic mass is 16.2. The second-order valence-electron chi connectivity index (χ2n) is 8.07. The Bertz CT molecular complexity index is 1240. The summed E-state index contributed by atoms with van der Waals surface area (Å²) < 4.78 is 0. The first kappa shape index (κ1) is 19.4. The minimum atomic E-state index is 0.0607. The summed E-state index contributed by atoms with van der Waals surface area (Å²) in [5.41, 5.74) is 5.93. The summed E-state index contributed by atoms with van der Waals surface area (Å²) in [6, 6.07) is 22.5. The van der Waals surface area contributed by atoms with Gasteiger partial charge >= 0.3 is 0 Å². The van der Waals surface area contributed by atoms with E-state index in [1.54, 1.807) is 12.4 Å². The molecule has 1 unspecified atom stereocenters. The van der Waals surface area contributed by atoms with Crippen LogP contribution in [0.5, 0.6) is 0 Å². The van der Waals surface area contributed by atoms with Crippen molar-refractivity contribution >= 4 is 16.8 Å². The van der Waals surface area contributed by atoms with Gasteiger partial charge in [-0.25, -0.2) is 4.98 Å². The molecule has 0 spiro atoms. The summed E-state index contributed by atoms with van der Waals surface area (Å²) in [5.74, 6) is 0.0607. The Morgan fingerprint density at radius 3 is 2.71 bits per heavy atom. The van der Waals surface area contributed by atoms with Gasteiger partial charge < -0.3 is 4.90 Å². The average molecular weight is 408 g/mol. The van der Waals surface area contributed by atoms with Gasteiger partial charge in [0.05, 0.1) is 22.8 Å². The van der Waals surface area contributed by atoms with Gasteiger partial charge in [0.1, 0.15) is 0 Å². The van der Waals surface area contributed by atoms with Crippen molar-refractivity contribution in [3.8, 4) is 11.3 Å². The number of nitrogens with zero attached hydrogens (tertiary/aromatic N) is 3. The van der Waals surface area contributed by atoms with Crippen LogP contribution in [0.2, 0.25) is 0 Å². The molecule has 4 aromatic rings. The Kier molecular flexibility index (Phi) is 5.21. The summed E-state index contributed by atoms with van der Waals surface area (Å²) in [6.07, 6.45) is 6.35. The zero-order valence-corrected chi connectivity index (χ0v) is 17.7. The zero-order valence-electron chi connectivity index (χ0n) is 17.7. The Morgan fingerprint density at radius 1 is 1.06 bits per heavy atom. The number of fused-ring (bicyclic) bond motifs is 2. The van der Waals surface area contributed by atoms with Gasteiger partial charge in [0.25, 0.3) is 5.91 Å². The van der Waals surface area contributed by atoms with Crippen LogP contribution in [-0.4, -0.2) is 27.3 Å². The van der Waals surface area contributed by atoms with Gasteiger partial charge in [0.15, 0.2) is 0 Å². The van der Waals surface area contributed by atoms with Crippen molar-refractivity contribution in [2.75, 3.05) is 6.54 Å². The maximum absolute atomic E-state index is 14.0. The topological polar surface area (TPSA) is 46.1 Å². The molecule has 154 valence electrons. The number of carbonyl (C=O) groups is 1. The van der Waals surface area contributed by atoms with E-state index in [4.69, 9.17) is 4.98 Å². The van der Waals surface area contributed by atoms with Crippen molar-refractivity contribution in [3.05, 3.63) is 95.8 Å². The van der Waals surface area contributed by atoms with Gasteiger partial charge in [-0.15, -0.1) is 0 Å². The number of aromatic nitrogens is 2. The maximum atomic E-state index is 14.0. The number of hydrogen-bond acceptors (Lipinski definition) is 3. The summed E-state index contributed by atoms with van der Waals surface area (Å²) >= 11 is 0. The number of pyridine rings is 2. The largest absolute Gasteiger partial charge is 0.331 e. The van der Waals surface area contributed by atoms with Crippen molar-refractivity contribution in [2.24, 2.45) is 0 Å². The smallest absolute Gasteiger partial charge is 0.255 e. The van der Waals surface area contributed by atoms with E-state index in [1.807, 2.05) is 42.5 Å². The Hall–Kier alpha value is -3.53. The van der Waals surface area contributed by atoms with Crippen LogP contribution in [-0.2, 0) is 6.42 Å². The van der Waals surface area contributed by atoms with E-state index in [2.05, 4.69) is 41.1 Å². The average Bonchev–Trinajstić information content (AvgIpc) is 2.84. The Morgan fingerprint density at radius 2 is 1.87 bits per heavy atom. The lowest BCUT2D eigenvalue weighted by atomic mass is 9.89. The van der Waals surface area contributed by atoms with Gasteiger partial charge in [-0.3, -0.25) is 9.78 Å². The quantitative estimate of drug-likeness (QED) is 0.427. The van der Waals surface area contributed by atoms with E-state index in [0.29, 0.717) is 5.56 Å². The third-order valence-corrected chi connectivity index (χ3v) is 6.15. The van der Waals surface area contributed by atoms with Crippen LogP contribution in [0, 0.1) is 0 Å². The molecule has 5 rings (SSSR count).